The summed E-state index contributed by atoms with van der Waals surface area (Å²) >= 11 is 8.37. The van der Waals surface area contributed by atoms with Gasteiger partial charge in [-0.25, -0.2) is 0 Å². The van der Waals surface area contributed by atoms with E-state index in [4.69, 9.17) is 10.8 Å². The van der Waals surface area contributed by atoms with Crippen molar-refractivity contribution in [1.29, 1.82) is 0 Å². The molecule has 1 aliphatic rings. The number of nitrogens with zero attached hydrogens (tertiary/aromatic N) is 1. The van der Waals surface area contributed by atoms with Crippen LogP contribution in [0.2, 0.25) is 0 Å². The molecule has 106 valence electrons. The quantitative estimate of drug-likeness (QED) is 0.297. The van der Waals surface area contributed by atoms with Crippen LogP contribution in [0, 0.1) is 0 Å². The third kappa shape index (κ3) is 4.31. The molecule has 0 amide bonds. The van der Waals surface area contributed by atoms with Gasteiger partial charge in [0.2, 0.25) is 0 Å². The Labute approximate surface area is 119 Å². The zero-order chi connectivity index (χ0) is 13.6. The minimum Gasteiger partial charge on any atom is -0.480 e. The van der Waals surface area contributed by atoms with Crippen molar-refractivity contribution in [2.75, 3.05) is 37.7 Å². The van der Waals surface area contributed by atoms with Crippen LogP contribution in [0.5, 0.6) is 0 Å². The number of carboxylic acids is 1. The molecule has 1 saturated carbocycles. The van der Waals surface area contributed by atoms with Gasteiger partial charge in [0, 0.05) is 43.7 Å². The normalized spacial score (nSPS) is 27.2. The van der Waals surface area contributed by atoms with Crippen molar-refractivity contribution in [1.82, 2.24) is 10.2 Å². The summed E-state index contributed by atoms with van der Waals surface area (Å²) in [4.78, 5) is 13.2. The predicted molar refractivity (Wildman–Crippen MR) is 79.7 cm³/mol. The minimum atomic E-state index is -1.02. The van der Waals surface area contributed by atoms with Crippen LogP contribution in [-0.4, -0.2) is 65.2 Å². The minimum absolute atomic E-state index is 0.274. The highest BCUT2D eigenvalue weighted by molar-refractivity contribution is 7.80. The van der Waals surface area contributed by atoms with Crippen molar-refractivity contribution in [3.63, 3.8) is 0 Å². The van der Waals surface area contributed by atoms with Gasteiger partial charge in [-0.05, 0) is 12.8 Å². The number of nitrogens with one attached hydrogen (secondary N) is 1. The standard InChI is InChI=1S/C11H23N3O2S2/c12-11(10(15)16)7-9(8-11)14(4-6-18)3-1-13-2-5-17/h9,13,17-18H,1-8,12H2,(H,15,16). The fourth-order valence-electron chi connectivity index (χ4n) is 2.25. The molecule has 0 bridgehead atoms. The SMILES string of the molecule is NC1(C(=O)O)CC(N(CCS)CCNCCS)C1. The number of thiol groups is 2. The van der Waals surface area contributed by atoms with Gasteiger partial charge < -0.3 is 16.2 Å². The van der Waals surface area contributed by atoms with Crippen molar-refractivity contribution in [3.8, 4) is 0 Å². The molecule has 0 aromatic carbocycles. The lowest BCUT2D eigenvalue weighted by molar-refractivity contribution is -0.149. The van der Waals surface area contributed by atoms with E-state index in [-0.39, 0.29) is 6.04 Å². The summed E-state index contributed by atoms with van der Waals surface area (Å²) in [5.74, 6) is 0.701. The van der Waals surface area contributed by atoms with Gasteiger partial charge in [-0.1, -0.05) is 0 Å². The molecule has 0 aliphatic heterocycles. The van der Waals surface area contributed by atoms with Crippen LogP contribution in [0.3, 0.4) is 0 Å². The molecule has 1 fully saturated rings. The number of rotatable bonds is 9. The fourth-order valence-corrected chi connectivity index (χ4v) is 2.66. The number of carboxylic acid groups (broad SMARTS) is 1. The van der Waals surface area contributed by atoms with Gasteiger partial charge >= 0.3 is 5.97 Å². The highest BCUT2D eigenvalue weighted by Crippen LogP contribution is 2.33. The first kappa shape index (κ1) is 16.1. The Bertz CT molecular complexity index is 273. The first-order chi connectivity index (χ1) is 8.53. The summed E-state index contributed by atoms with van der Waals surface area (Å²) in [5, 5.41) is 12.3. The molecule has 0 spiro atoms. The molecular formula is C11H23N3O2S2. The van der Waals surface area contributed by atoms with Crippen molar-refractivity contribution in [2.24, 2.45) is 5.73 Å². The Morgan fingerprint density at radius 2 is 2.00 bits per heavy atom. The second-order valence-electron chi connectivity index (χ2n) is 4.76. The summed E-state index contributed by atoms with van der Waals surface area (Å²) in [6.07, 6.45) is 1.06. The maximum absolute atomic E-state index is 10.9. The first-order valence-corrected chi connectivity index (χ1v) is 7.49. The Balaban J connectivity index is 2.33. The summed E-state index contributed by atoms with van der Waals surface area (Å²) in [7, 11) is 0. The van der Waals surface area contributed by atoms with E-state index in [1.807, 2.05) is 0 Å². The lowest BCUT2D eigenvalue weighted by Crippen LogP contribution is -2.65. The molecule has 5 nitrogen and oxygen atoms in total. The average Bonchev–Trinajstić information content (AvgIpc) is 2.29. The second kappa shape index (κ2) is 7.59. The van der Waals surface area contributed by atoms with Crippen molar-refractivity contribution >= 4 is 31.2 Å². The van der Waals surface area contributed by atoms with Gasteiger partial charge in [0.15, 0.2) is 0 Å². The molecule has 0 radical (unpaired) electrons. The maximum atomic E-state index is 10.9. The second-order valence-corrected chi connectivity index (χ2v) is 5.65. The van der Waals surface area contributed by atoms with E-state index in [9.17, 15) is 4.79 Å². The van der Waals surface area contributed by atoms with E-state index in [1.165, 1.54) is 0 Å². The molecule has 7 heteroatoms. The van der Waals surface area contributed by atoms with Crippen LogP contribution in [0.15, 0.2) is 0 Å². The van der Waals surface area contributed by atoms with E-state index in [0.29, 0.717) is 12.8 Å². The van der Waals surface area contributed by atoms with Gasteiger partial charge in [-0.2, -0.15) is 25.3 Å². The highest BCUT2D eigenvalue weighted by atomic mass is 32.1. The van der Waals surface area contributed by atoms with Crippen LogP contribution in [0.25, 0.3) is 0 Å². The third-order valence-electron chi connectivity index (χ3n) is 3.39. The van der Waals surface area contributed by atoms with Crippen LogP contribution in [-0.2, 0) is 4.79 Å². The van der Waals surface area contributed by atoms with Crippen molar-refractivity contribution < 1.29 is 9.90 Å². The van der Waals surface area contributed by atoms with Crippen LogP contribution in [0.4, 0.5) is 0 Å². The van der Waals surface area contributed by atoms with Crippen molar-refractivity contribution in [2.45, 2.75) is 24.4 Å². The zero-order valence-corrected chi connectivity index (χ0v) is 12.3. The Morgan fingerprint density at radius 1 is 1.33 bits per heavy atom. The van der Waals surface area contributed by atoms with Gasteiger partial charge in [0.05, 0.1) is 0 Å². The topological polar surface area (TPSA) is 78.6 Å². The van der Waals surface area contributed by atoms with Crippen LogP contribution >= 0.6 is 25.3 Å². The van der Waals surface area contributed by atoms with Gasteiger partial charge in [0.1, 0.15) is 5.54 Å². The number of carbonyl (C=O) groups is 1. The molecule has 18 heavy (non-hydrogen) atoms. The molecule has 0 aromatic heterocycles. The third-order valence-corrected chi connectivity index (χ3v) is 3.82. The molecule has 1 aliphatic carbocycles. The number of hydrogen-bond acceptors (Lipinski definition) is 6. The van der Waals surface area contributed by atoms with E-state index < -0.39 is 11.5 Å². The van der Waals surface area contributed by atoms with Crippen LogP contribution < -0.4 is 11.1 Å². The van der Waals surface area contributed by atoms with Gasteiger partial charge in [-0.3, -0.25) is 9.69 Å². The zero-order valence-electron chi connectivity index (χ0n) is 10.5. The monoisotopic (exact) mass is 293 g/mol. The molecule has 0 aromatic rings. The molecule has 1 rings (SSSR count). The maximum Gasteiger partial charge on any atom is 0.323 e. The predicted octanol–water partition coefficient (Wildman–Crippen LogP) is -0.318. The number of nitrogens with two attached hydrogens (primary N) is 1. The molecule has 0 saturated heterocycles. The first-order valence-electron chi connectivity index (χ1n) is 6.22. The molecular weight excluding hydrogens is 270 g/mol. The summed E-state index contributed by atoms with van der Waals surface area (Å²) in [5.41, 5.74) is 4.76. The summed E-state index contributed by atoms with van der Waals surface area (Å²) < 4.78 is 0. The highest BCUT2D eigenvalue weighted by Gasteiger charge is 2.49. The largest absolute Gasteiger partial charge is 0.480 e. The Hall–Kier alpha value is 0.0500. The Morgan fingerprint density at radius 3 is 2.50 bits per heavy atom. The lowest BCUT2D eigenvalue weighted by Gasteiger charge is -2.47. The van der Waals surface area contributed by atoms with Gasteiger partial charge in [0.25, 0.3) is 0 Å². The lowest BCUT2D eigenvalue weighted by atomic mass is 9.72. The van der Waals surface area contributed by atoms with Gasteiger partial charge in [-0.15, -0.1) is 0 Å². The van der Waals surface area contributed by atoms with E-state index >= 15 is 0 Å². The Kier molecular flexibility index (Phi) is 6.79. The molecule has 0 heterocycles. The van der Waals surface area contributed by atoms with E-state index in [1.54, 1.807) is 0 Å². The number of aliphatic carboxylic acids is 1. The fraction of sp³-hybridized carbons (Fsp3) is 0.909. The van der Waals surface area contributed by atoms with E-state index in [2.05, 4.69) is 35.5 Å². The van der Waals surface area contributed by atoms with Crippen LogP contribution in [0.1, 0.15) is 12.8 Å². The molecule has 0 atom stereocenters. The number of hydrogen-bond donors (Lipinski definition) is 5. The summed E-state index contributed by atoms with van der Waals surface area (Å²) in [6.45, 7) is 3.54. The summed E-state index contributed by atoms with van der Waals surface area (Å²) in [6, 6.07) is 0.274. The average molecular weight is 293 g/mol. The smallest absolute Gasteiger partial charge is 0.323 e. The van der Waals surface area contributed by atoms with Crippen molar-refractivity contribution in [3.05, 3.63) is 0 Å². The molecule has 4 N–H and O–H groups in total. The molecule has 0 unspecified atom stereocenters. The van der Waals surface area contributed by atoms with E-state index in [0.717, 1.165) is 37.7 Å².